The van der Waals surface area contributed by atoms with Gasteiger partial charge in [0, 0.05) is 21.7 Å². The quantitative estimate of drug-likeness (QED) is 0.807. The molecule has 0 radical (unpaired) electrons. The second-order valence-corrected chi connectivity index (χ2v) is 5.48. The Hall–Kier alpha value is -0.580. The fraction of sp³-hybridized carbons (Fsp3) is 0.143. The number of halogens is 2. The van der Waals surface area contributed by atoms with Gasteiger partial charge >= 0.3 is 0 Å². The molecule has 0 saturated carbocycles. The molecular weight excluding hydrogens is 345 g/mol. The number of benzene rings is 2. The first-order valence-electron chi connectivity index (χ1n) is 5.44. The van der Waals surface area contributed by atoms with Crippen molar-refractivity contribution >= 4 is 34.2 Å². The van der Waals surface area contributed by atoms with Gasteiger partial charge in [-0.05, 0) is 51.9 Å². The largest absolute Gasteiger partial charge is 0.309 e. The van der Waals surface area contributed by atoms with Crippen molar-refractivity contribution < 1.29 is 0 Å². The Morgan fingerprint density at radius 1 is 1.00 bits per heavy atom. The van der Waals surface area contributed by atoms with E-state index in [2.05, 4.69) is 58.2 Å². The Labute approximate surface area is 120 Å². The summed E-state index contributed by atoms with van der Waals surface area (Å²) in [4.78, 5) is 0. The maximum absolute atomic E-state index is 6.13. The predicted molar refractivity (Wildman–Crippen MR) is 81.2 cm³/mol. The van der Waals surface area contributed by atoms with Gasteiger partial charge in [0.15, 0.2) is 0 Å². The topological polar surface area (TPSA) is 12.0 Å². The first-order valence-corrected chi connectivity index (χ1v) is 6.90. The summed E-state index contributed by atoms with van der Waals surface area (Å²) in [6, 6.07) is 16.4. The maximum atomic E-state index is 6.13. The molecule has 0 amide bonds. The lowest BCUT2D eigenvalue weighted by Gasteiger charge is -2.07. The van der Waals surface area contributed by atoms with Crippen molar-refractivity contribution in [2.75, 3.05) is 0 Å². The summed E-state index contributed by atoms with van der Waals surface area (Å²) in [5.41, 5.74) is 2.43. The molecule has 0 bridgehead atoms. The summed E-state index contributed by atoms with van der Waals surface area (Å²) in [6.45, 7) is 1.66. The van der Waals surface area contributed by atoms with Crippen LogP contribution in [0.3, 0.4) is 0 Å². The normalized spacial score (nSPS) is 10.5. The molecule has 0 saturated heterocycles. The van der Waals surface area contributed by atoms with Gasteiger partial charge in [-0.3, -0.25) is 0 Å². The molecule has 0 spiro atoms. The van der Waals surface area contributed by atoms with E-state index in [1.54, 1.807) is 0 Å². The van der Waals surface area contributed by atoms with Crippen LogP contribution in [0.15, 0.2) is 48.5 Å². The Morgan fingerprint density at radius 3 is 2.53 bits per heavy atom. The average Bonchev–Trinajstić information content (AvgIpc) is 2.35. The van der Waals surface area contributed by atoms with E-state index in [1.807, 2.05) is 18.2 Å². The third kappa shape index (κ3) is 3.98. The standard InChI is InChI=1S/C14H13ClIN/c15-14-7-6-13(16)8-12(14)10-17-9-11-4-2-1-3-5-11/h1-8,17H,9-10H2. The fourth-order valence-electron chi connectivity index (χ4n) is 1.62. The van der Waals surface area contributed by atoms with Crippen molar-refractivity contribution in [3.05, 3.63) is 68.3 Å². The molecule has 17 heavy (non-hydrogen) atoms. The second-order valence-electron chi connectivity index (χ2n) is 3.82. The summed E-state index contributed by atoms with van der Waals surface area (Å²) in [5.74, 6) is 0. The minimum absolute atomic E-state index is 0.796. The predicted octanol–water partition coefficient (Wildman–Crippen LogP) is 4.23. The Kier molecular flexibility index (Phi) is 4.83. The average molecular weight is 358 g/mol. The first kappa shape index (κ1) is 12.9. The highest BCUT2D eigenvalue weighted by molar-refractivity contribution is 14.1. The van der Waals surface area contributed by atoms with E-state index in [9.17, 15) is 0 Å². The van der Waals surface area contributed by atoms with Gasteiger partial charge in [-0.15, -0.1) is 0 Å². The van der Waals surface area contributed by atoms with E-state index in [1.165, 1.54) is 9.13 Å². The number of nitrogens with one attached hydrogen (secondary N) is 1. The van der Waals surface area contributed by atoms with Gasteiger partial charge in [-0.1, -0.05) is 41.9 Å². The minimum atomic E-state index is 0.796. The van der Waals surface area contributed by atoms with Crippen LogP contribution in [0.2, 0.25) is 5.02 Å². The monoisotopic (exact) mass is 357 g/mol. The van der Waals surface area contributed by atoms with E-state index >= 15 is 0 Å². The minimum Gasteiger partial charge on any atom is -0.309 e. The van der Waals surface area contributed by atoms with Gasteiger partial charge in [-0.25, -0.2) is 0 Å². The zero-order valence-electron chi connectivity index (χ0n) is 9.29. The summed E-state index contributed by atoms with van der Waals surface area (Å²) in [6.07, 6.45) is 0. The molecule has 0 aliphatic carbocycles. The van der Waals surface area contributed by atoms with E-state index in [-0.39, 0.29) is 0 Å². The van der Waals surface area contributed by atoms with Crippen LogP contribution in [-0.4, -0.2) is 0 Å². The molecular formula is C14H13ClIN. The highest BCUT2D eigenvalue weighted by Crippen LogP contribution is 2.18. The molecule has 88 valence electrons. The number of hydrogen-bond acceptors (Lipinski definition) is 1. The number of hydrogen-bond donors (Lipinski definition) is 1. The lowest BCUT2D eigenvalue weighted by atomic mass is 10.2. The van der Waals surface area contributed by atoms with E-state index in [0.29, 0.717) is 0 Å². The molecule has 0 heterocycles. The van der Waals surface area contributed by atoms with Crippen LogP contribution in [0.4, 0.5) is 0 Å². The van der Waals surface area contributed by atoms with Gasteiger partial charge < -0.3 is 5.32 Å². The molecule has 1 N–H and O–H groups in total. The highest BCUT2D eigenvalue weighted by Gasteiger charge is 2.00. The lowest BCUT2D eigenvalue weighted by molar-refractivity contribution is 0.693. The van der Waals surface area contributed by atoms with E-state index in [4.69, 9.17) is 11.6 Å². The smallest absolute Gasteiger partial charge is 0.0451 e. The number of rotatable bonds is 4. The molecule has 0 aromatic heterocycles. The molecule has 2 aromatic rings. The van der Waals surface area contributed by atoms with Crippen LogP contribution in [0, 0.1) is 3.57 Å². The van der Waals surface area contributed by atoms with Gasteiger partial charge in [0.25, 0.3) is 0 Å². The zero-order valence-corrected chi connectivity index (χ0v) is 12.2. The SMILES string of the molecule is Clc1ccc(I)cc1CNCc1ccccc1. The molecule has 1 nitrogen and oxygen atoms in total. The summed E-state index contributed by atoms with van der Waals surface area (Å²) >= 11 is 8.43. The lowest BCUT2D eigenvalue weighted by Crippen LogP contribution is -2.12. The van der Waals surface area contributed by atoms with Crippen LogP contribution >= 0.6 is 34.2 Å². The van der Waals surface area contributed by atoms with Crippen molar-refractivity contribution in [1.82, 2.24) is 5.32 Å². The highest BCUT2D eigenvalue weighted by atomic mass is 127. The molecule has 0 unspecified atom stereocenters. The molecule has 0 atom stereocenters. The van der Waals surface area contributed by atoms with Crippen molar-refractivity contribution in [3.63, 3.8) is 0 Å². The van der Waals surface area contributed by atoms with Gasteiger partial charge in [0.05, 0.1) is 0 Å². The van der Waals surface area contributed by atoms with Crippen LogP contribution in [0.5, 0.6) is 0 Å². The Bertz CT molecular complexity index is 485. The van der Waals surface area contributed by atoms with Crippen molar-refractivity contribution in [1.29, 1.82) is 0 Å². The van der Waals surface area contributed by atoms with Gasteiger partial charge in [0.1, 0.15) is 0 Å². The van der Waals surface area contributed by atoms with E-state index < -0.39 is 0 Å². The fourth-order valence-corrected chi connectivity index (χ4v) is 2.36. The molecule has 2 rings (SSSR count). The van der Waals surface area contributed by atoms with Crippen molar-refractivity contribution in [2.24, 2.45) is 0 Å². The van der Waals surface area contributed by atoms with Crippen LogP contribution in [0.25, 0.3) is 0 Å². The van der Waals surface area contributed by atoms with Crippen LogP contribution in [-0.2, 0) is 13.1 Å². The van der Waals surface area contributed by atoms with Crippen LogP contribution in [0.1, 0.15) is 11.1 Å². The van der Waals surface area contributed by atoms with Gasteiger partial charge in [-0.2, -0.15) is 0 Å². The van der Waals surface area contributed by atoms with Crippen LogP contribution < -0.4 is 5.32 Å². The molecule has 0 aliphatic heterocycles. The zero-order chi connectivity index (χ0) is 12.1. The third-order valence-electron chi connectivity index (χ3n) is 2.50. The van der Waals surface area contributed by atoms with Crippen molar-refractivity contribution in [2.45, 2.75) is 13.1 Å². The second kappa shape index (κ2) is 6.38. The van der Waals surface area contributed by atoms with E-state index in [0.717, 1.165) is 23.7 Å². The van der Waals surface area contributed by atoms with Gasteiger partial charge in [0.2, 0.25) is 0 Å². The molecule has 0 aliphatic rings. The third-order valence-corrected chi connectivity index (χ3v) is 3.53. The maximum Gasteiger partial charge on any atom is 0.0451 e. The first-order chi connectivity index (χ1) is 8.25. The Balaban J connectivity index is 1.92. The Morgan fingerprint density at radius 2 is 1.76 bits per heavy atom. The molecule has 2 aromatic carbocycles. The molecule has 3 heteroatoms. The summed E-state index contributed by atoms with van der Waals surface area (Å²) in [5, 5.41) is 4.22. The molecule has 0 fully saturated rings. The summed E-state index contributed by atoms with van der Waals surface area (Å²) in [7, 11) is 0. The van der Waals surface area contributed by atoms with Crippen molar-refractivity contribution in [3.8, 4) is 0 Å². The summed E-state index contributed by atoms with van der Waals surface area (Å²) < 4.78 is 1.21.